The van der Waals surface area contributed by atoms with Gasteiger partial charge >= 0.3 is 0 Å². The first-order valence-corrected chi connectivity index (χ1v) is 8.74. The van der Waals surface area contributed by atoms with Crippen molar-refractivity contribution < 1.29 is 9.53 Å². The van der Waals surface area contributed by atoms with E-state index in [1.165, 1.54) is 0 Å². The first kappa shape index (κ1) is 17.0. The van der Waals surface area contributed by atoms with Crippen LogP contribution in [0.15, 0.2) is 48.5 Å². The zero-order valence-electron chi connectivity index (χ0n) is 14.4. The Morgan fingerprint density at radius 1 is 1.08 bits per heavy atom. The molecular formula is C21H22N2O2. The van der Waals surface area contributed by atoms with Gasteiger partial charge in [-0.15, -0.1) is 0 Å². The topological polar surface area (TPSA) is 53.3 Å². The van der Waals surface area contributed by atoms with Crippen molar-refractivity contribution in [3.05, 3.63) is 54.1 Å². The van der Waals surface area contributed by atoms with Gasteiger partial charge in [-0.2, -0.15) is 5.26 Å². The number of hydrogen-bond acceptors (Lipinski definition) is 3. The summed E-state index contributed by atoms with van der Waals surface area (Å²) in [6, 6.07) is 17.7. The van der Waals surface area contributed by atoms with E-state index in [0.29, 0.717) is 12.0 Å². The van der Waals surface area contributed by atoms with Crippen LogP contribution in [-0.4, -0.2) is 30.0 Å². The van der Waals surface area contributed by atoms with Gasteiger partial charge in [0.05, 0.1) is 11.6 Å². The van der Waals surface area contributed by atoms with E-state index in [1.807, 2.05) is 60.4 Å². The van der Waals surface area contributed by atoms with Gasteiger partial charge in [-0.3, -0.25) is 4.79 Å². The Morgan fingerprint density at radius 3 is 2.16 bits per heavy atom. The van der Waals surface area contributed by atoms with E-state index in [-0.39, 0.29) is 12.0 Å². The lowest BCUT2D eigenvalue weighted by Crippen LogP contribution is -2.41. The molecule has 1 heterocycles. The molecule has 0 N–H and O–H groups in total. The van der Waals surface area contributed by atoms with Gasteiger partial charge in [0.15, 0.2) is 0 Å². The fourth-order valence-corrected chi connectivity index (χ4v) is 3.10. The SMILES string of the molecule is CCC(=O)N1CCC(Oc2ccc(-c3ccc(C#N)cc3)cc2)CC1. The molecular weight excluding hydrogens is 312 g/mol. The number of rotatable bonds is 4. The van der Waals surface area contributed by atoms with Crippen molar-refractivity contribution in [1.82, 2.24) is 4.90 Å². The Morgan fingerprint density at radius 2 is 1.64 bits per heavy atom. The minimum absolute atomic E-state index is 0.168. The molecule has 0 bridgehead atoms. The third-order valence-electron chi connectivity index (χ3n) is 4.60. The number of likely N-dealkylation sites (tertiary alicyclic amines) is 1. The van der Waals surface area contributed by atoms with Crippen LogP contribution < -0.4 is 4.74 Å². The average Bonchev–Trinajstić information content (AvgIpc) is 2.68. The third-order valence-corrected chi connectivity index (χ3v) is 4.60. The first-order valence-electron chi connectivity index (χ1n) is 8.74. The lowest BCUT2D eigenvalue weighted by molar-refractivity contribution is -0.132. The molecule has 0 radical (unpaired) electrons. The normalized spacial score (nSPS) is 14.8. The minimum atomic E-state index is 0.168. The summed E-state index contributed by atoms with van der Waals surface area (Å²) in [7, 11) is 0. The summed E-state index contributed by atoms with van der Waals surface area (Å²) in [5.74, 6) is 1.09. The van der Waals surface area contributed by atoms with Gasteiger partial charge in [0.1, 0.15) is 11.9 Å². The molecule has 4 nitrogen and oxygen atoms in total. The van der Waals surface area contributed by atoms with Crippen LogP contribution in [0.4, 0.5) is 0 Å². The average molecular weight is 334 g/mol. The number of piperidine rings is 1. The molecule has 0 unspecified atom stereocenters. The molecule has 1 saturated heterocycles. The number of carbonyl (C=O) groups excluding carboxylic acids is 1. The highest BCUT2D eigenvalue weighted by Gasteiger charge is 2.22. The van der Waals surface area contributed by atoms with Crippen LogP contribution in [0.5, 0.6) is 5.75 Å². The second-order valence-corrected chi connectivity index (χ2v) is 6.27. The predicted molar refractivity (Wildman–Crippen MR) is 97.1 cm³/mol. The van der Waals surface area contributed by atoms with Crippen molar-refractivity contribution in [3.63, 3.8) is 0 Å². The van der Waals surface area contributed by atoms with Crippen molar-refractivity contribution in [3.8, 4) is 22.9 Å². The Hall–Kier alpha value is -2.80. The second-order valence-electron chi connectivity index (χ2n) is 6.27. The molecule has 25 heavy (non-hydrogen) atoms. The molecule has 4 heteroatoms. The fourth-order valence-electron chi connectivity index (χ4n) is 3.10. The highest BCUT2D eigenvalue weighted by atomic mass is 16.5. The monoisotopic (exact) mass is 334 g/mol. The molecule has 2 aromatic carbocycles. The van der Waals surface area contributed by atoms with Crippen LogP contribution in [0.3, 0.4) is 0 Å². The first-order chi connectivity index (χ1) is 12.2. The van der Waals surface area contributed by atoms with Gasteiger partial charge in [0, 0.05) is 32.4 Å². The predicted octanol–water partition coefficient (Wildman–Crippen LogP) is 4.01. The van der Waals surface area contributed by atoms with Crippen molar-refractivity contribution in [2.45, 2.75) is 32.3 Å². The summed E-state index contributed by atoms with van der Waals surface area (Å²) in [6.07, 6.45) is 2.50. The van der Waals surface area contributed by atoms with Gasteiger partial charge in [-0.25, -0.2) is 0 Å². The van der Waals surface area contributed by atoms with Crippen molar-refractivity contribution in [2.75, 3.05) is 13.1 Å². The zero-order valence-corrected chi connectivity index (χ0v) is 14.4. The smallest absolute Gasteiger partial charge is 0.222 e. The zero-order chi connectivity index (χ0) is 17.6. The maximum absolute atomic E-state index is 11.7. The van der Waals surface area contributed by atoms with Gasteiger partial charge in [-0.05, 0) is 35.4 Å². The third kappa shape index (κ3) is 4.19. The van der Waals surface area contributed by atoms with Crippen LogP contribution in [0.1, 0.15) is 31.7 Å². The number of hydrogen-bond donors (Lipinski definition) is 0. The molecule has 0 spiro atoms. The Balaban J connectivity index is 1.58. The van der Waals surface area contributed by atoms with E-state index in [2.05, 4.69) is 6.07 Å². The van der Waals surface area contributed by atoms with Gasteiger partial charge in [0.25, 0.3) is 0 Å². The van der Waals surface area contributed by atoms with Crippen LogP contribution in [0.25, 0.3) is 11.1 Å². The van der Waals surface area contributed by atoms with Crippen LogP contribution in [0, 0.1) is 11.3 Å². The lowest BCUT2D eigenvalue weighted by Gasteiger charge is -2.32. The number of benzene rings is 2. The quantitative estimate of drug-likeness (QED) is 0.849. The van der Waals surface area contributed by atoms with E-state index >= 15 is 0 Å². The largest absolute Gasteiger partial charge is 0.490 e. The summed E-state index contributed by atoms with van der Waals surface area (Å²) < 4.78 is 6.06. The molecule has 128 valence electrons. The highest BCUT2D eigenvalue weighted by molar-refractivity contribution is 5.75. The number of nitrogens with zero attached hydrogens (tertiary/aromatic N) is 2. The van der Waals surface area contributed by atoms with Crippen molar-refractivity contribution in [1.29, 1.82) is 5.26 Å². The van der Waals surface area contributed by atoms with Crippen molar-refractivity contribution >= 4 is 5.91 Å². The number of amides is 1. The van der Waals surface area contributed by atoms with E-state index in [9.17, 15) is 4.79 Å². The lowest BCUT2D eigenvalue weighted by atomic mass is 10.0. The maximum atomic E-state index is 11.7. The molecule has 1 aliphatic rings. The van der Waals surface area contributed by atoms with Gasteiger partial charge < -0.3 is 9.64 Å². The molecule has 0 atom stereocenters. The fraction of sp³-hybridized carbons (Fsp3) is 0.333. The molecule has 1 aliphatic heterocycles. The van der Waals surface area contributed by atoms with Gasteiger partial charge in [-0.1, -0.05) is 31.2 Å². The van der Waals surface area contributed by atoms with Crippen LogP contribution in [0.2, 0.25) is 0 Å². The van der Waals surface area contributed by atoms with E-state index in [0.717, 1.165) is 42.8 Å². The van der Waals surface area contributed by atoms with E-state index in [4.69, 9.17) is 10.00 Å². The summed E-state index contributed by atoms with van der Waals surface area (Å²) in [5, 5.41) is 8.86. The van der Waals surface area contributed by atoms with E-state index < -0.39 is 0 Å². The standard InChI is InChI=1S/C21H22N2O2/c1-2-21(24)23-13-11-20(12-14-23)25-19-9-7-18(8-10-19)17-5-3-16(15-22)4-6-17/h3-10,20H,2,11-14H2,1H3. The molecule has 0 saturated carbocycles. The number of carbonyl (C=O) groups is 1. The minimum Gasteiger partial charge on any atom is -0.490 e. The maximum Gasteiger partial charge on any atom is 0.222 e. The van der Waals surface area contributed by atoms with Crippen molar-refractivity contribution in [2.24, 2.45) is 0 Å². The molecule has 1 fully saturated rings. The molecule has 1 amide bonds. The molecule has 2 aromatic rings. The molecule has 0 aliphatic carbocycles. The number of ether oxygens (including phenoxy) is 1. The second kappa shape index (κ2) is 7.85. The highest BCUT2D eigenvalue weighted by Crippen LogP contribution is 2.25. The summed E-state index contributed by atoms with van der Waals surface area (Å²) >= 11 is 0. The Kier molecular flexibility index (Phi) is 5.35. The van der Waals surface area contributed by atoms with Crippen LogP contribution >= 0.6 is 0 Å². The summed E-state index contributed by atoms with van der Waals surface area (Å²) in [6.45, 7) is 3.46. The Labute approximate surface area is 148 Å². The Bertz CT molecular complexity index is 752. The number of nitriles is 1. The summed E-state index contributed by atoms with van der Waals surface area (Å²) in [4.78, 5) is 13.6. The van der Waals surface area contributed by atoms with E-state index in [1.54, 1.807) is 0 Å². The van der Waals surface area contributed by atoms with Gasteiger partial charge in [0.2, 0.25) is 5.91 Å². The molecule has 3 rings (SSSR count). The molecule has 0 aromatic heterocycles. The van der Waals surface area contributed by atoms with Crippen LogP contribution in [-0.2, 0) is 4.79 Å². The summed E-state index contributed by atoms with van der Waals surface area (Å²) in [5.41, 5.74) is 2.84.